The first-order chi connectivity index (χ1) is 9.09. The van der Waals surface area contributed by atoms with Crippen molar-refractivity contribution < 1.29 is 30.3 Å². The van der Waals surface area contributed by atoms with Crippen LogP contribution in [0.2, 0.25) is 0 Å². The first-order valence-electron chi connectivity index (χ1n) is 6.03. The summed E-state index contributed by atoms with van der Waals surface area (Å²) in [7, 11) is 0. The third kappa shape index (κ3) is 7.85. The van der Waals surface area contributed by atoms with E-state index in [2.05, 4.69) is 11.1 Å². The fourth-order valence-electron chi connectivity index (χ4n) is 1.42. The number of hydrogen-bond acceptors (Lipinski definition) is 3. The van der Waals surface area contributed by atoms with Gasteiger partial charge in [-0.3, -0.25) is 0 Å². The third-order valence-corrected chi connectivity index (χ3v) is 2.13. The zero-order chi connectivity index (χ0) is 14.1. The Morgan fingerprint density at radius 1 is 1.25 bits per heavy atom. The molecule has 0 saturated heterocycles. The second-order valence-corrected chi connectivity index (χ2v) is 4.04. The minimum atomic E-state index is -0.537. The van der Waals surface area contributed by atoms with Crippen LogP contribution in [-0.4, -0.2) is 21.3 Å². The fraction of sp³-hybridized carbons (Fsp3) is 0.188. The van der Waals surface area contributed by atoms with Gasteiger partial charge in [0, 0.05) is 26.3 Å². The van der Waals surface area contributed by atoms with Crippen LogP contribution >= 0.6 is 0 Å². The SMILES string of the molecule is C/C(O)=C/C(C)O.[Ir].[c-]1ccccc1-c1ccccn1. The molecule has 1 heterocycles. The number of aromatic nitrogens is 1. The van der Waals surface area contributed by atoms with Gasteiger partial charge in [0.15, 0.2) is 0 Å². The van der Waals surface area contributed by atoms with Crippen molar-refractivity contribution >= 4 is 0 Å². The third-order valence-electron chi connectivity index (χ3n) is 2.13. The summed E-state index contributed by atoms with van der Waals surface area (Å²) in [5.74, 6) is 0.162. The Labute approximate surface area is 133 Å². The van der Waals surface area contributed by atoms with E-state index in [1.54, 1.807) is 13.1 Å². The molecule has 1 unspecified atom stereocenters. The van der Waals surface area contributed by atoms with Crippen LogP contribution in [0.4, 0.5) is 0 Å². The van der Waals surface area contributed by atoms with Gasteiger partial charge in [0.2, 0.25) is 0 Å². The van der Waals surface area contributed by atoms with Crippen LogP contribution in [0, 0.1) is 6.07 Å². The largest absolute Gasteiger partial charge is 0.513 e. The van der Waals surface area contributed by atoms with Gasteiger partial charge in [0.05, 0.1) is 11.9 Å². The predicted octanol–water partition coefficient (Wildman–Crippen LogP) is 3.38. The van der Waals surface area contributed by atoms with Crippen molar-refractivity contribution in [2.45, 2.75) is 20.0 Å². The zero-order valence-electron chi connectivity index (χ0n) is 11.4. The van der Waals surface area contributed by atoms with Gasteiger partial charge in [-0.15, -0.1) is 35.9 Å². The molecule has 2 aromatic rings. The van der Waals surface area contributed by atoms with Crippen LogP contribution < -0.4 is 0 Å². The molecule has 0 spiro atoms. The van der Waals surface area contributed by atoms with E-state index in [9.17, 15) is 0 Å². The Kier molecular flexibility index (Phi) is 9.56. The summed E-state index contributed by atoms with van der Waals surface area (Å²) in [6.45, 7) is 3.10. The molecule has 0 bridgehead atoms. The van der Waals surface area contributed by atoms with Gasteiger partial charge in [-0.2, -0.15) is 0 Å². The molecular weight excluding hydrogens is 430 g/mol. The van der Waals surface area contributed by atoms with Crippen LogP contribution in [0.25, 0.3) is 11.3 Å². The van der Waals surface area contributed by atoms with E-state index in [0.29, 0.717) is 0 Å². The van der Waals surface area contributed by atoms with Gasteiger partial charge in [-0.1, -0.05) is 12.1 Å². The Hall–Kier alpha value is -1.48. The normalized spacial score (nSPS) is 11.7. The molecule has 1 radical (unpaired) electrons. The Balaban J connectivity index is 0.000000396. The van der Waals surface area contributed by atoms with Crippen LogP contribution in [0.3, 0.4) is 0 Å². The predicted molar refractivity (Wildman–Crippen MR) is 76.6 cm³/mol. The van der Waals surface area contributed by atoms with Gasteiger partial charge in [-0.05, 0) is 31.7 Å². The van der Waals surface area contributed by atoms with Crippen molar-refractivity contribution in [1.29, 1.82) is 0 Å². The molecule has 3 nitrogen and oxygen atoms in total. The standard InChI is InChI=1S/C11H8N.C5H10O2.Ir/c1-2-6-10(7-3-1)11-8-4-5-9-12-11;1-4(6)3-5(2)7;/h1-6,8-9H;3-4,6-7H,1-2H3;/q-1;;/b;5-3-;. The van der Waals surface area contributed by atoms with E-state index < -0.39 is 6.10 Å². The molecule has 109 valence electrons. The molecule has 0 aliphatic carbocycles. The second kappa shape index (κ2) is 10.3. The zero-order valence-corrected chi connectivity index (χ0v) is 13.8. The van der Waals surface area contributed by atoms with E-state index in [4.69, 9.17) is 10.2 Å². The van der Waals surface area contributed by atoms with Gasteiger partial charge in [0.1, 0.15) is 0 Å². The summed E-state index contributed by atoms with van der Waals surface area (Å²) in [5, 5.41) is 16.9. The number of aliphatic hydroxyl groups is 2. The van der Waals surface area contributed by atoms with Gasteiger partial charge in [-0.25, -0.2) is 0 Å². The van der Waals surface area contributed by atoms with Crippen LogP contribution in [0.1, 0.15) is 13.8 Å². The summed E-state index contributed by atoms with van der Waals surface area (Å²) in [6.07, 6.45) is 2.61. The number of pyridine rings is 1. The monoisotopic (exact) mass is 449 g/mol. The maximum absolute atomic E-state index is 8.49. The average Bonchev–Trinajstić information content (AvgIpc) is 2.40. The summed E-state index contributed by atoms with van der Waals surface area (Å²) >= 11 is 0. The number of aliphatic hydroxyl groups excluding tert-OH is 2. The Morgan fingerprint density at radius 3 is 2.35 bits per heavy atom. The summed E-state index contributed by atoms with van der Waals surface area (Å²) in [6, 6.07) is 16.8. The van der Waals surface area contributed by atoms with Gasteiger partial charge in [0.25, 0.3) is 0 Å². The molecule has 2 rings (SSSR count). The van der Waals surface area contributed by atoms with E-state index in [1.807, 2.05) is 42.5 Å². The van der Waals surface area contributed by atoms with E-state index in [1.165, 1.54) is 13.0 Å². The van der Waals surface area contributed by atoms with Crippen molar-refractivity contribution in [3.63, 3.8) is 0 Å². The average molecular weight is 449 g/mol. The van der Waals surface area contributed by atoms with E-state index >= 15 is 0 Å². The summed E-state index contributed by atoms with van der Waals surface area (Å²) in [4.78, 5) is 4.22. The second-order valence-electron chi connectivity index (χ2n) is 4.04. The quantitative estimate of drug-likeness (QED) is 0.547. The molecule has 0 fully saturated rings. The maximum atomic E-state index is 8.49. The van der Waals surface area contributed by atoms with Crippen LogP contribution in [-0.2, 0) is 20.1 Å². The van der Waals surface area contributed by atoms with Crippen molar-refractivity contribution in [3.8, 4) is 11.3 Å². The topological polar surface area (TPSA) is 53.4 Å². The van der Waals surface area contributed by atoms with Crippen molar-refractivity contribution in [1.82, 2.24) is 4.98 Å². The van der Waals surface area contributed by atoms with Crippen molar-refractivity contribution in [2.24, 2.45) is 0 Å². The molecular formula is C16H18IrNO2-. The maximum Gasteiger partial charge on any atom is 0.0877 e. The smallest absolute Gasteiger partial charge is 0.0877 e. The first-order valence-corrected chi connectivity index (χ1v) is 6.03. The summed E-state index contributed by atoms with van der Waals surface area (Å²) < 4.78 is 0. The number of benzene rings is 1. The fourth-order valence-corrected chi connectivity index (χ4v) is 1.42. The minimum absolute atomic E-state index is 0. The van der Waals surface area contributed by atoms with Crippen molar-refractivity contribution in [2.75, 3.05) is 0 Å². The molecule has 0 aliphatic heterocycles. The molecule has 1 atom stereocenters. The Morgan fingerprint density at radius 2 is 1.95 bits per heavy atom. The number of hydrogen-bond donors (Lipinski definition) is 2. The van der Waals surface area contributed by atoms with Gasteiger partial charge >= 0.3 is 0 Å². The number of nitrogens with zero attached hydrogens (tertiary/aromatic N) is 1. The molecule has 0 aliphatic rings. The number of allylic oxidation sites excluding steroid dienone is 1. The molecule has 0 saturated carbocycles. The molecule has 4 heteroatoms. The van der Waals surface area contributed by atoms with Gasteiger partial charge < -0.3 is 15.2 Å². The van der Waals surface area contributed by atoms with E-state index in [0.717, 1.165) is 11.3 Å². The summed E-state index contributed by atoms with van der Waals surface area (Å²) in [5.41, 5.74) is 2.01. The molecule has 0 amide bonds. The van der Waals surface area contributed by atoms with Crippen molar-refractivity contribution in [3.05, 3.63) is 66.6 Å². The molecule has 1 aromatic heterocycles. The first kappa shape index (κ1) is 18.5. The molecule has 2 N–H and O–H groups in total. The van der Waals surface area contributed by atoms with E-state index in [-0.39, 0.29) is 25.9 Å². The Bertz CT molecular complexity index is 457. The number of rotatable bonds is 2. The minimum Gasteiger partial charge on any atom is -0.513 e. The van der Waals surface area contributed by atoms with Crippen LogP contribution in [0.5, 0.6) is 0 Å². The molecule has 20 heavy (non-hydrogen) atoms. The molecule has 1 aromatic carbocycles. The van der Waals surface area contributed by atoms with Crippen LogP contribution in [0.15, 0.2) is 60.5 Å².